The molecule has 4 rings (SSSR count). The van der Waals surface area contributed by atoms with Crippen LogP contribution >= 0.6 is 0 Å². The van der Waals surface area contributed by atoms with Crippen molar-refractivity contribution in [1.29, 1.82) is 0 Å². The van der Waals surface area contributed by atoms with Gasteiger partial charge in [0, 0.05) is 11.7 Å². The van der Waals surface area contributed by atoms with E-state index in [-0.39, 0.29) is 23.4 Å². The van der Waals surface area contributed by atoms with Crippen LogP contribution in [0.5, 0.6) is 5.75 Å². The highest BCUT2D eigenvalue weighted by Crippen LogP contribution is 2.29. The molecule has 1 fully saturated rings. The van der Waals surface area contributed by atoms with Crippen LogP contribution in [0.3, 0.4) is 0 Å². The topological polar surface area (TPSA) is 96.5 Å². The van der Waals surface area contributed by atoms with Crippen LogP contribution in [0.2, 0.25) is 0 Å². The fraction of sp³-hybridized carbons (Fsp3) is 0.240. The molecule has 0 aliphatic heterocycles. The lowest BCUT2D eigenvalue weighted by Crippen LogP contribution is -2.26. The molecule has 0 atom stereocenters. The summed E-state index contributed by atoms with van der Waals surface area (Å²) in [6.07, 6.45) is 2.41. The van der Waals surface area contributed by atoms with Gasteiger partial charge >= 0.3 is 0 Å². The molecule has 1 amide bonds. The van der Waals surface area contributed by atoms with Crippen LogP contribution in [-0.2, 0) is 21.2 Å². The molecule has 0 unspecified atom stereocenters. The molecule has 8 heteroatoms. The molecular formula is C25H27N3O4S. The minimum atomic E-state index is -3.61. The molecule has 0 spiro atoms. The largest absolute Gasteiger partial charge is 0.495 e. The number of para-hydroxylation sites is 1. The van der Waals surface area contributed by atoms with Gasteiger partial charge in [-0.2, -0.15) is 0 Å². The summed E-state index contributed by atoms with van der Waals surface area (Å²) in [5.74, 6) is 0.208. The first-order valence-electron chi connectivity index (χ1n) is 10.8. The maximum absolute atomic E-state index is 12.7. The fourth-order valence-electron chi connectivity index (χ4n) is 3.46. The van der Waals surface area contributed by atoms with Gasteiger partial charge in [0.25, 0.3) is 0 Å². The zero-order valence-electron chi connectivity index (χ0n) is 18.4. The number of hydrogen-bond acceptors (Lipinski definition) is 5. The van der Waals surface area contributed by atoms with Crippen molar-refractivity contribution >= 4 is 27.3 Å². The molecular weight excluding hydrogens is 438 g/mol. The average molecular weight is 466 g/mol. The summed E-state index contributed by atoms with van der Waals surface area (Å²) in [5, 5.41) is 5.95. The van der Waals surface area contributed by atoms with E-state index in [9.17, 15) is 13.2 Å². The standard InChI is InChI=1S/C25H27N3O4S/c1-32-24-14-13-21(33(30,31)28-20-11-12-20)16-23(24)26-17-25(29)27-22-10-6-5-9-19(22)15-18-7-3-2-4-8-18/h2-10,13-14,16,20,26,28H,11-12,15,17H2,1H3,(H,27,29). The third-order valence-corrected chi connectivity index (χ3v) is 6.87. The molecule has 172 valence electrons. The Labute approximate surface area is 194 Å². The molecule has 3 N–H and O–H groups in total. The number of anilines is 2. The molecule has 0 heterocycles. The SMILES string of the molecule is COc1ccc(S(=O)(=O)NC2CC2)cc1NCC(=O)Nc1ccccc1Cc1ccccc1. The van der Waals surface area contributed by atoms with Crippen molar-refractivity contribution in [1.82, 2.24) is 4.72 Å². The normalized spacial score (nSPS) is 13.4. The van der Waals surface area contributed by atoms with Crippen molar-refractivity contribution in [2.24, 2.45) is 0 Å². The Balaban J connectivity index is 1.43. The Hall–Kier alpha value is -3.36. The van der Waals surface area contributed by atoms with Gasteiger partial charge in [-0.3, -0.25) is 4.79 Å². The van der Waals surface area contributed by atoms with Crippen LogP contribution in [-0.4, -0.2) is 34.0 Å². The summed E-state index contributed by atoms with van der Waals surface area (Å²) >= 11 is 0. The number of benzene rings is 3. The number of ether oxygens (including phenoxy) is 1. The van der Waals surface area contributed by atoms with E-state index in [1.54, 1.807) is 6.07 Å². The van der Waals surface area contributed by atoms with Crippen molar-refractivity contribution in [2.75, 3.05) is 24.3 Å². The smallest absolute Gasteiger partial charge is 0.243 e. The van der Waals surface area contributed by atoms with Gasteiger partial charge < -0.3 is 15.4 Å². The van der Waals surface area contributed by atoms with Gasteiger partial charge in [-0.15, -0.1) is 0 Å². The van der Waals surface area contributed by atoms with Crippen LogP contribution in [0.15, 0.2) is 77.7 Å². The molecule has 1 saturated carbocycles. The predicted octanol–water partition coefficient (Wildman–Crippen LogP) is 3.78. The van der Waals surface area contributed by atoms with Gasteiger partial charge in [-0.25, -0.2) is 13.1 Å². The van der Waals surface area contributed by atoms with E-state index in [0.29, 0.717) is 17.9 Å². The summed E-state index contributed by atoms with van der Waals surface area (Å²) in [4.78, 5) is 12.8. The highest BCUT2D eigenvalue weighted by molar-refractivity contribution is 7.89. The van der Waals surface area contributed by atoms with Crippen molar-refractivity contribution in [3.63, 3.8) is 0 Å². The molecule has 1 aliphatic rings. The minimum Gasteiger partial charge on any atom is -0.495 e. The van der Waals surface area contributed by atoms with Crippen LogP contribution in [0, 0.1) is 0 Å². The lowest BCUT2D eigenvalue weighted by atomic mass is 10.0. The number of sulfonamides is 1. The molecule has 3 aromatic rings. The molecule has 7 nitrogen and oxygen atoms in total. The highest BCUT2D eigenvalue weighted by Gasteiger charge is 2.28. The Morgan fingerprint density at radius 2 is 1.70 bits per heavy atom. The first kappa shape index (κ1) is 22.8. The lowest BCUT2D eigenvalue weighted by molar-refractivity contribution is -0.114. The van der Waals surface area contributed by atoms with Crippen LogP contribution in [0.1, 0.15) is 24.0 Å². The first-order chi connectivity index (χ1) is 15.9. The summed E-state index contributed by atoms with van der Waals surface area (Å²) < 4.78 is 33.1. The Kier molecular flexibility index (Phi) is 6.96. The second kappa shape index (κ2) is 10.1. The zero-order chi connectivity index (χ0) is 23.3. The molecule has 3 aromatic carbocycles. The van der Waals surface area contributed by atoms with E-state index >= 15 is 0 Å². The molecule has 33 heavy (non-hydrogen) atoms. The van der Waals surface area contributed by atoms with Crippen molar-refractivity contribution in [3.05, 3.63) is 83.9 Å². The summed E-state index contributed by atoms with van der Waals surface area (Å²) in [6.45, 7) is -0.0460. The van der Waals surface area contributed by atoms with E-state index in [1.807, 2.05) is 54.6 Å². The van der Waals surface area contributed by atoms with E-state index in [1.165, 1.54) is 19.2 Å². The Morgan fingerprint density at radius 3 is 2.42 bits per heavy atom. The number of rotatable bonds is 10. The third kappa shape index (κ3) is 6.12. The summed E-state index contributed by atoms with van der Waals surface area (Å²) in [5.41, 5.74) is 3.34. The van der Waals surface area contributed by atoms with Gasteiger partial charge in [-0.05, 0) is 54.7 Å². The number of carbonyl (C=O) groups excluding carboxylic acids is 1. The second-order valence-corrected chi connectivity index (χ2v) is 9.69. The maximum atomic E-state index is 12.7. The van der Waals surface area contributed by atoms with Gasteiger partial charge in [0.15, 0.2) is 0 Å². The second-order valence-electron chi connectivity index (χ2n) is 7.98. The minimum absolute atomic E-state index is 0.00948. The van der Waals surface area contributed by atoms with Crippen LogP contribution in [0.25, 0.3) is 0 Å². The molecule has 0 saturated heterocycles. The summed E-state index contributed by atoms with van der Waals surface area (Å²) in [7, 11) is -2.12. The van der Waals surface area contributed by atoms with E-state index in [2.05, 4.69) is 15.4 Å². The van der Waals surface area contributed by atoms with E-state index in [0.717, 1.165) is 29.7 Å². The number of carbonyl (C=O) groups is 1. The maximum Gasteiger partial charge on any atom is 0.243 e. The molecule has 1 aliphatic carbocycles. The highest BCUT2D eigenvalue weighted by atomic mass is 32.2. The van der Waals surface area contributed by atoms with E-state index < -0.39 is 10.0 Å². The van der Waals surface area contributed by atoms with Gasteiger partial charge in [-0.1, -0.05) is 48.5 Å². The van der Waals surface area contributed by atoms with Crippen molar-refractivity contribution < 1.29 is 17.9 Å². The Bertz CT molecular complexity index is 1230. The number of methoxy groups -OCH3 is 1. The quantitative estimate of drug-likeness (QED) is 0.424. The molecule has 0 aromatic heterocycles. The van der Waals surface area contributed by atoms with Gasteiger partial charge in [0.1, 0.15) is 5.75 Å². The number of amides is 1. The molecule has 0 bridgehead atoms. The fourth-order valence-corrected chi connectivity index (χ4v) is 4.79. The van der Waals surface area contributed by atoms with Gasteiger partial charge in [0.05, 0.1) is 24.2 Å². The number of nitrogens with one attached hydrogen (secondary N) is 3. The van der Waals surface area contributed by atoms with Crippen molar-refractivity contribution in [3.8, 4) is 5.75 Å². The number of hydrogen-bond donors (Lipinski definition) is 3. The summed E-state index contributed by atoms with van der Waals surface area (Å²) in [6, 6.07) is 22.3. The van der Waals surface area contributed by atoms with Crippen LogP contribution < -0.4 is 20.1 Å². The van der Waals surface area contributed by atoms with Crippen molar-refractivity contribution in [2.45, 2.75) is 30.2 Å². The monoisotopic (exact) mass is 465 g/mol. The lowest BCUT2D eigenvalue weighted by Gasteiger charge is -2.15. The zero-order valence-corrected chi connectivity index (χ0v) is 19.2. The first-order valence-corrected chi connectivity index (χ1v) is 12.3. The predicted molar refractivity (Wildman–Crippen MR) is 129 cm³/mol. The Morgan fingerprint density at radius 1 is 0.970 bits per heavy atom. The third-order valence-electron chi connectivity index (χ3n) is 5.35. The van der Waals surface area contributed by atoms with Gasteiger partial charge in [0.2, 0.25) is 15.9 Å². The van der Waals surface area contributed by atoms with E-state index in [4.69, 9.17) is 4.74 Å². The van der Waals surface area contributed by atoms with Crippen LogP contribution in [0.4, 0.5) is 11.4 Å². The average Bonchev–Trinajstić information content (AvgIpc) is 3.63. The molecule has 0 radical (unpaired) electrons.